The third-order valence-electron chi connectivity index (χ3n) is 1.72. The van der Waals surface area contributed by atoms with Crippen molar-refractivity contribution < 1.29 is 8.76 Å². The Bertz CT molecular complexity index is 351. The van der Waals surface area contributed by atoms with Gasteiger partial charge in [-0.2, -0.15) is 0 Å². The van der Waals surface area contributed by atoms with Crippen LogP contribution in [-0.2, 0) is 16.8 Å². The van der Waals surface area contributed by atoms with Crippen LogP contribution in [-0.4, -0.2) is 37.1 Å². The zero-order valence-corrected chi connectivity index (χ0v) is 12.2. The number of rotatable bonds is 3. The molecule has 0 N–H and O–H groups in total. The van der Waals surface area contributed by atoms with E-state index in [1.165, 1.54) is 0 Å². The molecule has 1 aromatic heterocycles. The fraction of sp³-hybridized carbons (Fsp3) is 0.500. The Morgan fingerprint density at radius 2 is 2.14 bits per heavy atom. The van der Waals surface area contributed by atoms with E-state index in [0.717, 1.165) is 3.71 Å². The van der Waals surface area contributed by atoms with Crippen LogP contribution in [0.15, 0.2) is 12.3 Å². The molecule has 1 unspecified atom stereocenters. The summed E-state index contributed by atoms with van der Waals surface area (Å²) in [6, 6.07) is 1.90. The quantitative estimate of drug-likeness (QED) is 0.597. The molecule has 1 aromatic rings. The van der Waals surface area contributed by atoms with Gasteiger partial charge in [0.1, 0.15) is 0 Å². The van der Waals surface area contributed by atoms with Crippen molar-refractivity contribution in [3.05, 3.63) is 18.1 Å². The first kappa shape index (κ1) is 12.1. The monoisotopic (exact) mass is 321 g/mol. The fourth-order valence-electron chi connectivity index (χ4n) is 0.992. The van der Waals surface area contributed by atoms with Gasteiger partial charge in [-0.25, -0.2) is 0 Å². The van der Waals surface area contributed by atoms with Gasteiger partial charge in [-0.1, -0.05) is 0 Å². The van der Waals surface area contributed by atoms with Gasteiger partial charge in [0, 0.05) is 0 Å². The SMILES string of the molecule is [CH3][Sn]([CH3])([CH3])[c]1ccnc(CS(=O)[O-])n1. The van der Waals surface area contributed by atoms with Crippen LogP contribution in [0.3, 0.4) is 0 Å². The van der Waals surface area contributed by atoms with Gasteiger partial charge in [-0.15, -0.1) is 0 Å². The van der Waals surface area contributed by atoms with Crippen molar-refractivity contribution in [3.63, 3.8) is 0 Å². The Labute approximate surface area is 90.3 Å². The van der Waals surface area contributed by atoms with Gasteiger partial charge in [0.05, 0.1) is 0 Å². The molecule has 0 saturated heterocycles. The Kier molecular flexibility index (Phi) is 4.03. The summed E-state index contributed by atoms with van der Waals surface area (Å²) in [4.78, 5) is 14.9. The van der Waals surface area contributed by atoms with E-state index in [9.17, 15) is 8.76 Å². The van der Waals surface area contributed by atoms with E-state index in [0.29, 0.717) is 5.82 Å². The van der Waals surface area contributed by atoms with Crippen molar-refractivity contribution in [2.75, 3.05) is 0 Å². The molecular weight excluding hydrogens is 307 g/mol. The minimum atomic E-state index is -2.18. The first-order chi connectivity index (χ1) is 6.39. The van der Waals surface area contributed by atoms with Crippen molar-refractivity contribution in [1.82, 2.24) is 9.97 Å². The van der Waals surface area contributed by atoms with Crippen LogP contribution in [0.4, 0.5) is 0 Å². The zero-order chi connectivity index (χ0) is 10.8. The number of hydrogen-bond acceptors (Lipinski definition) is 4. The Morgan fingerprint density at radius 3 is 2.64 bits per heavy atom. The van der Waals surface area contributed by atoms with E-state index in [4.69, 9.17) is 0 Å². The molecule has 0 saturated carbocycles. The summed E-state index contributed by atoms with van der Waals surface area (Å²) >= 11 is -4.28. The van der Waals surface area contributed by atoms with Crippen LogP contribution in [0.1, 0.15) is 5.82 Å². The van der Waals surface area contributed by atoms with E-state index in [1.54, 1.807) is 6.20 Å². The van der Waals surface area contributed by atoms with Crippen molar-refractivity contribution in [3.8, 4) is 0 Å². The molecule has 0 aliphatic heterocycles. The van der Waals surface area contributed by atoms with Crippen molar-refractivity contribution in [2.24, 2.45) is 0 Å². The summed E-state index contributed by atoms with van der Waals surface area (Å²) in [6.45, 7) is 0. The third kappa shape index (κ3) is 3.62. The topological polar surface area (TPSA) is 65.9 Å². The molecule has 0 aliphatic carbocycles. The predicted octanol–water partition coefficient (Wildman–Crippen LogP) is 0.401. The van der Waals surface area contributed by atoms with E-state index in [1.807, 2.05) is 6.07 Å². The summed E-state index contributed by atoms with van der Waals surface area (Å²) in [7, 11) is 0. The first-order valence-electron chi connectivity index (χ1n) is 4.28. The minimum absolute atomic E-state index is 0.0875. The molecule has 0 fully saturated rings. The average Bonchev–Trinajstić information content (AvgIpc) is 2.01. The number of hydrogen-bond donors (Lipinski definition) is 0. The molecule has 1 rings (SSSR count). The van der Waals surface area contributed by atoms with Crippen LogP contribution in [0.5, 0.6) is 0 Å². The molecule has 0 aromatic carbocycles. The molecule has 0 spiro atoms. The second kappa shape index (κ2) is 4.67. The predicted molar refractivity (Wildman–Crippen MR) is 57.6 cm³/mol. The molecule has 0 radical (unpaired) electrons. The standard InChI is InChI=1S/C5H5N2O2S.3CH3.Sn/c8-10(9)4-5-6-2-1-3-7-5;;;;/h1-2H,4H2,(H,8,9);3*1H3;/p-1. The first-order valence-corrected chi connectivity index (χ1v) is 15.5. The Morgan fingerprint density at radius 1 is 1.50 bits per heavy atom. The van der Waals surface area contributed by atoms with Crippen LogP contribution in [0.25, 0.3) is 0 Å². The molecular formula is C8H13N2O2SSn-. The zero-order valence-electron chi connectivity index (χ0n) is 8.48. The third-order valence-corrected chi connectivity index (χ3v) is 7.40. The maximum atomic E-state index is 10.5. The van der Waals surface area contributed by atoms with Gasteiger partial charge in [0.25, 0.3) is 0 Å². The fourth-order valence-corrected chi connectivity index (χ4v) is 4.31. The number of aromatic nitrogens is 2. The Balaban J connectivity index is 2.95. The van der Waals surface area contributed by atoms with E-state index in [-0.39, 0.29) is 5.75 Å². The van der Waals surface area contributed by atoms with Crippen LogP contribution >= 0.6 is 0 Å². The number of nitrogens with zero attached hydrogens (tertiary/aromatic N) is 2. The summed E-state index contributed by atoms with van der Waals surface area (Å²) < 4.78 is 22.0. The normalized spacial score (nSPS) is 14.0. The van der Waals surface area contributed by atoms with Gasteiger partial charge in [0.15, 0.2) is 0 Å². The van der Waals surface area contributed by atoms with E-state index < -0.39 is 29.5 Å². The van der Waals surface area contributed by atoms with Gasteiger partial charge in [-0.05, 0) is 0 Å². The van der Waals surface area contributed by atoms with Crippen molar-refractivity contribution in [1.29, 1.82) is 0 Å². The van der Waals surface area contributed by atoms with Gasteiger partial charge in [-0.3, -0.25) is 0 Å². The average molecular weight is 320 g/mol. The van der Waals surface area contributed by atoms with Gasteiger partial charge in [0.2, 0.25) is 0 Å². The second-order valence-electron chi connectivity index (χ2n) is 4.06. The molecule has 78 valence electrons. The van der Waals surface area contributed by atoms with Crippen LogP contribution in [0.2, 0.25) is 14.8 Å². The Hall–Kier alpha value is -0.0113. The summed E-state index contributed by atoms with van der Waals surface area (Å²) in [6.07, 6.45) is 1.65. The molecule has 0 amide bonds. The van der Waals surface area contributed by atoms with Gasteiger partial charge < -0.3 is 0 Å². The van der Waals surface area contributed by atoms with Crippen molar-refractivity contribution in [2.45, 2.75) is 20.6 Å². The molecule has 0 bridgehead atoms. The van der Waals surface area contributed by atoms with Gasteiger partial charge >= 0.3 is 90.6 Å². The summed E-state index contributed by atoms with van der Waals surface area (Å²) in [5, 5.41) is 0. The molecule has 1 atom stereocenters. The van der Waals surface area contributed by atoms with Crippen LogP contribution in [0, 0.1) is 0 Å². The van der Waals surface area contributed by atoms with E-state index in [2.05, 4.69) is 24.8 Å². The molecule has 0 aliphatic rings. The molecule has 6 heteroatoms. The molecule has 1 heterocycles. The summed E-state index contributed by atoms with van der Waals surface area (Å²) in [5.74, 6) is 0.318. The van der Waals surface area contributed by atoms with E-state index >= 15 is 0 Å². The van der Waals surface area contributed by atoms with Crippen molar-refractivity contribution >= 4 is 33.2 Å². The van der Waals surface area contributed by atoms with Crippen LogP contribution < -0.4 is 3.71 Å². The summed E-state index contributed by atoms with van der Waals surface area (Å²) in [5.41, 5.74) is 0. The molecule has 4 nitrogen and oxygen atoms in total. The second-order valence-corrected chi connectivity index (χ2v) is 19.3. The molecule has 14 heavy (non-hydrogen) atoms. The maximum absolute atomic E-state index is 10.5.